The van der Waals surface area contributed by atoms with Gasteiger partial charge in [0.05, 0.1) is 7.11 Å². The van der Waals surface area contributed by atoms with Crippen LogP contribution in [0.1, 0.15) is 15.9 Å². The third-order valence-corrected chi connectivity index (χ3v) is 3.44. The normalized spacial score (nSPS) is 10.5. The van der Waals surface area contributed by atoms with Crippen LogP contribution in [0.25, 0.3) is 11.4 Å². The Bertz CT molecular complexity index is 853. The zero-order valence-electron chi connectivity index (χ0n) is 12.9. The minimum Gasteiger partial charge on any atom is -0.497 e. The SMILES string of the molecule is COc1ccc(C(=O)n2nc(-c3cccc(C)c3)nc2N)cc1. The van der Waals surface area contributed by atoms with E-state index in [-0.39, 0.29) is 11.9 Å². The summed E-state index contributed by atoms with van der Waals surface area (Å²) in [6.07, 6.45) is 0. The van der Waals surface area contributed by atoms with Crippen molar-refractivity contribution >= 4 is 11.9 Å². The number of nitrogens with zero attached hydrogens (tertiary/aromatic N) is 3. The molecule has 2 aromatic carbocycles. The molecule has 0 atom stereocenters. The van der Waals surface area contributed by atoms with Gasteiger partial charge in [0.1, 0.15) is 5.75 Å². The second-order valence-corrected chi connectivity index (χ2v) is 5.11. The fourth-order valence-electron chi connectivity index (χ4n) is 2.24. The maximum Gasteiger partial charge on any atom is 0.281 e. The summed E-state index contributed by atoms with van der Waals surface area (Å²) in [6.45, 7) is 1.98. The first-order valence-corrected chi connectivity index (χ1v) is 7.07. The Hall–Kier alpha value is -3.15. The van der Waals surface area contributed by atoms with Crippen LogP contribution in [-0.4, -0.2) is 27.8 Å². The van der Waals surface area contributed by atoms with Crippen molar-refractivity contribution < 1.29 is 9.53 Å². The largest absolute Gasteiger partial charge is 0.497 e. The Morgan fingerprint density at radius 1 is 1.17 bits per heavy atom. The average Bonchev–Trinajstić information content (AvgIpc) is 2.96. The molecule has 6 nitrogen and oxygen atoms in total. The van der Waals surface area contributed by atoms with Crippen molar-refractivity contribution in [3.63, 3.8) is 0 Å². The van der Waals surface area contributed by atoms with E-state index in [1.54, 1.807) is 31.4 Å². The first kappa shape index (κ1) is 14.8. The molecule has 1 aromatic heterocycles. The van der Waals surface area contributed by atoms with Gasteiger partial charge in [-0.1, -0.05) is 23.8 Å². The summed E-state index contributed by atoms with van der Waals surface area (Å²) in [4.78, 5) is 16.7. The number of methoxy groups -OCH3 is 1. The second-order valence-electron chi connectivity index (χ2n) is 5.11. The summed E-state index contributed by atoms with van der Waals surface area (Å²) < 4.78 is 6.19. The molecule has 6 heteroatoms. The Labute approximate surface area is 133 Å². The minimum atomic E-state index is -0.337. The molecule has 2 N–H and O–H groups in total. The van der Waals surface area contributed by atoms with Crippen LogP contribution in [0, 0.1) is 6.92 Å². The van der Waals surface area contributed by atoms with Crippen molar-refractivity contribution in [2.75, 3.05) is 12.8 Å². The van der Waals surface area contributed by atoms with Gasteiger partial charge in [-0.05, 0) is 37.3 Å². The van der Waals surface area contributed by atoms with Crippen molar-refractivity contribution in [1.29, 1.82) is 0 Å². The molecule has 0 aliphatic rings. The van der Waals surface area contributed by atoms with Crippen LogP contribution in [0.3, 0.4) is 0 Å². The van der Waals surface area contributed by atoms with Gasteiger partial charge < -0.3 is 10.5 Å². The van der Waals surface area contributed by atoms with Gasteiger partial charge in [-0.2, -0.15) is 9.67 Å². The van der Waals surface area contributed by atoms with Crippen LogP contribution in [0.15, 0.2) is 48.5 Å². The number of aryl methyl sites for hydroxylation is 1. The summed E-state index contributed by atoms with van der Waals surface area (Å²) in [5.74, 6) is 0.820. The molecule has 0 aliphatic carbocycles. The summed E-state index contributed by atoms with van der Waals surface area (Å²) in [5, 5.41) is 4.24. The van der Waals surface area contributed by atoms with Gasteiger partial charge in [-0.25, -0.2) is 0 Å². The molecule has 0 unspecified atom stereocenters. The summed E-state index contributed by atoms with van der Waals surface area (Å²) in [5.41, 5.74) is 8.21. The van der Waals surface area contributed by atoms with Crippen molar-refractivity contribution in [3.05, 3.63) is 59.7 Å². The molecule has 3 rings (SSSR count). The molecule has 3 aromatic rings. The van der Waals surface area contributed by atoms with E-state index in [0.717, 1.165) is 15.8 Å². The third-order valence-electron chi connectivity index (χ3n) is 3.44. The molecule has 0 radical (unpaired) electrons. The minimum absolute atomic E-state index is 0.0577. The number of rotatable bonds is 3. The number of aromatic nitrogens is 3. The van der Waals surface area contributed by atoms with E-state index >= 15 is 0 Å². The van der Waals surface area contributed by atoms with Crippen LogP contribution in [0.4, 0.5) is 5.95 Å². The number of hydrogen-bond acceptors (Lipinski definition) is 5. The quantitative estimate of drug-likeness (QED) is 0.804. The highest BCUT2D eigenvalue weighted by Gasteiger charge is 2.16. The second kappa shape index (κ2) is 5.92. The van der Waals surface area contributed by atoms with Crippen LogP contribution < -0.4 is 10.5 Å². The first-order valence-electron chi connectivity index (χ1n) is 7.07. The maximum absolute atomic E-state index is 12.5. The van der Waals surface area contributed by atoms with Crippen molar-refractivity contribution in [1.82, 2.24) is 14.8 Å². The number of carbonyl (C=O) groups is 1. The summed E-state index contributed by atoms with van der Waals surface area (Å²) in [7, 11) is 1.57. The molecule has 0 saturated carbocycles. The van der Waals surface area contributed by atoms with Gasteiger partial charge >= 0.3 is 0 Å². The zero-order chi connectivity index (χ0) is 16.4. The number of ether oxygens (including phenoxy) is 1. The Balaban J connectivity index is 1.95. The predicted octanol–water partition coefficient (Wildman–Crippen LogP) is 2.53. The molecular formula is C17H16N4O2. The third kappa shape index (κ3) is 2.91. The van der Waals surface area contributed by atoms with Gasteiger partial charge in [-0.15, -0.1) is 5.10 Å². The lowest BCUT2D eigenvalue weighted by Crippen LogP contribution is -2.16. The van der Waals surface area contributed by atoms with Gasteiger partial charge in [-0.3, -0.25) is 4.79 Å². The lowest BCUT2D eigenvalue weighted by atomic mass is 10.1. The average molecular weight is 308 g/mol. The standard InChI is InChI=1S/C17H16N4O2/c1-11-4-3-5-13(10-11)15-19-17(18)21(20-15)16(22)12-6-8-14(23-2)9-7-12/h3-10H,1-2H3,(H2,18,19,20). The van der Waals surface area contributed by atoms with Crippen LogP contribution in [0.5, 0.6) is 5.75 Å². The number of carbonyl (C=O) groups excluding carboxylic acids is 1. The molecule has 0 spiro atoms. The Morgan fingerprint density at radius 3 is 2.57 bits per heavy atom. The fourth-order valence-corrected chi connectivity index (χ4v) is 2.24. The highest BCUT2D eigenvalue weighted by Crippen LogP contribution is 2.19. The summed E-state index contributed by atoms with van der Waals surface area (Å²) >= 11 is 0. The van der Waals surface area contributed by atoms with E-state index in [1.165, 1.54) is 0 Å². The van der Waals surface area contributed by atoms with Crippen LogP contribution >= 0.6 is 0 Å². The van der Waals surface area contributed by atoms with Gasteiger partial charge in [0.2, 0.25) is 5.95 Å². The number of anilines is 1. The molecule has 0 amide bonds. The van der Waals surface area contributed by atoms with Crippen LogP contribution in [0.2, 0.25) is 0 Å². The molecule has 1 heterocycles. The summed E-state index contributed by atoms with van der Waals surface area (Å²) in [6, 6.07) is 14.5. The van der Waals surface area contributed by atoms with E-state index in [1.807, 2.05) is 31.2 Å². The monoisotopic (exact) mass is 308 g/mol. The number of nitrogens with two attached hydrogens (primary N) is 1. The first-order chi connectivity index (χ1) is 11.1. The molecule has 0 saturated heterocycles. The fraction of sp³-hybridized carbons (Fsp3) is 0.118. The highest BCUT2D eigenvalue weighted by atomic mass is 16.5. The van der Waals surface area contributed by atoms with E-state index in [0.29, 0.717) is 17.1 Å². The smallest absolute Gasteiger partial charge is 0.281 e. The molecular weight excluding hydrogens is 292 g/mol. The Kier molecular flexibility index (Phi) is 3.80. The highest BCUT2D eigenvalue weighted by molar-refractivity contribution is 5.97. The van der Waals surface area contributed by atoms with Gasteiger partial charge in [0.15, 0.2) is 5.82 Å². The van der Waals surface area contributed by atoms with Crippen molar-refractivity contribution in [2.24, 2.45) is 0 Å². The number of hydrogen-bond donors (Lipinski definition) is 1. The maximum atomic E-state index is 12.5. The molecule has 23 heavy (non-hydrogen) atoms. The topological polar surface area (TPSA) is 83.0 Å². The predicted molar refractivity (Wildman–Crippen MR) is 87.3 cm³/mol. The molecule has 0 fully saturated rings. The van der Waals surface area contributed by atoms with E-state index in [9.17, 15) is 4.79 Å². The van der Waals surface area contributed by atoms with Crippen molar-refractivity contribution in [2.45, 2.75) is 6.92 Å². The lowest BCUT2D eigenvalue weighted by molar-refractivity contribution is 0.0948. The molecule has 116 valence electrons. The van der Waals surface area contributed by atoms with E-state index in [2.05, 4.69) is 10.1 Å². The Morgan fingerprint density at radius 2 is 1.91 bits per heavy atom. The number of nitrogen functional groups attached to an aromatic ring is 1. The molecule has 0 bridgehead atoms. The lowest BCUT2D eigenvalue weighted by Gasteiger charge is -2.03. The zero-order valence-corrected chi connectivity index (χ0v) is 12.9. The van der Waals surface area contributed by atoms with E-state index in [4.69, 9.17) is 10.5 Å². The van der Waals surface area contributed by atoms with Gasteiger partial charge in [0, 0.05) is 11.1 Å². The van der Waals surface area contributed by atoms with Crippen LogP contribution in [-0.2, 0) is 0 Å². The number of benzene rings is 2. The molecule has 0 aliphatic heterocycles. The van der Waals surface area contributed by atoms with E-state index < -0.39 is 0 Å². The van der Waals surface area contributed by atoms with Crippen molar-refractivity contribution in [3.8, 4) is 17.1 Å². The van der Waals surface area contributed by atoms with Gasteiger partial charge in [0.25, 0.3) is 5.91 Å².